The van der Waals surface area contributed by atoms with E-state index in [1.807, 2.05) is 0 Å². The van der Waals surface area contributed by atoms with Gasteiger partial charge in [0.1, 0.15) is 0 Å². The van der Waals surface area contributed by atoms with E-state index in [1.165, 1.54) is 122 Å². The third-order valence-corrected chi connectivity index (χ3v) is 18.0. The van der Waals surface area contributed by atoms with Crippen molar-refractivity contribution in [2.75, 3.05) is 9.80 Å². The van der Waals surface area contributed by atoms with E-state index in [2.05, 4.69) is 339 Å². The quantitative estimate of drug-likeness (QED) is 0.133. The monoisotopic (exact) mass is 1110 g/mol. The highest BCUT2D eigenvalue weighted by Gasteiger charge is 2.46. The van der Waals surface area contributed by atoms with Crippen LogP contribution in [0.25, 0.3) is 77.9 Å². The van der Waals surface area contributed by atoms with E-state index in [1.54, 1.807) is 0 Å². The lowest BCUT2D eigenvalue weighted by molar-refractivity contribution is 0.590. The zero-order valence-electron chi connectivity index (χ0n) is 50.9. The first-order chi connectivity index (χ1) is 41.7. The minimum atomic E-state index is -0.192. The smallest absolute Gasteiger partial charge is 0.252 e. The van der Waals surface area contributed by atoms with Crippen molar-refractivity contribution in [3.8, 4) is 77.9 Å². The molecule has 3 heteroatoms. The number of rotatable bonds is 9. The van der Waals surface area contributed by atoms with Crippen LogP contribution < -0.4 is 26.2 Å². The average Bonchev–Trinajstić information content (AvgIpc) is 0.896. The van der Waals surface area contributed by atoms with E-state index in [4.69, 9.17) is 0 Å². The Kier molecular flexibility index (Phi) is 13.5. The summed E-state index contributed by atoms with van der Waals surface area (Å²) in [4.78, 5) is 5.39. The molecule has 0 atom stereocenters. The van der Waals surface area contributed by atoms with Gasteiger partial charge in [0.05, 0.1) is 11.4 Å². The molecule has 12 aromatic rings. The second-order valence-corrected chi connectivity index (χ2v) is 25.9. The fourth-order valence-corrected chi connectivity index (χ4v) is 13.9. The summed E-state index contributed by atoms with van der Waals surface area (Å²) in [6, 6.07) is 101. The van der Waals surface area contributed by atoms with Gasteiger partial charge in [-0.3, -0.25) is 0 Å². The number of aryl methyl sites for hydroxylation is 3. The van der Waals surface area contributed by atoms with Crippen LogP contribution in [0.5, 0.6) is 0 Å². The number of nitrogens with zero attached hydrogens (tertiary/aromatic N) is 2. The molecule has 0 spiro atoms. The molecule has 14 rings (SSSR count). The van der Waals surface area contributed by atoms with Gasteiger partial charge in [0.15, 0.2) is 0 Å². The number of fused-ring (bicyclic) bond motifs is 4. The molecule has 0 radical (unpaired) electrons. The van der Waals surface area contributed by atoms with E-state index >= 15 is 0 Å². The largest absolute Gasteiger partial charge is 0.310 e. The summed E-state index contributed by atoms with van der Waals surface area (Å²) in [6.45, 7) is 20.7. The molecule has 0 bridgehead atoms. The van der Waals surface area contributed by atoms with Gasteiger partial charge in [-0.15, -0.1) is 0 Å². The first kappa shape index (κ1) is 54.3. The van der Waals surface area contributed by atoms with Crippen LogP contribution in [0.4, 0.5) is 34.1 Å². The highest BCUT2D eigenvalue weighted by atomic mass is 15.2. The maximum atomic E-state index is 2.70. The Balaban J connectivity index is 1.21. The van der Waals surface area contributed by atoms with Crippen LogP contribution in [-0.4, -0.2) is 6.71 Å². The summed E-state index contributed by atoms with van der Waals surface area (Å²) in [5.41, 5.74) is 33.4. The van der Waals surface area contributed by atoms with Crippen molar-refractivity contribution < 1.29 is 0 Å². The molecule has 0 saturated carbocycles. The van der Waals surface area contributed by atoms with Gasteiger partial charge < -0.3 is 9.80 Å². The molecule has 12 aromatic carbocycles. The lowest BCUT2D eigenvalue weighted by Crippen LogP contribution is -2.61. The maximum Gasteiger partial charge on any atom is 0.252 e. The van der Waals surface area contributed by atoms with Gasteiger partial charge in [-0.2, -0.15) is 0 Å². The minimum absolute atomic E-state index is 0.156. The average molecular weight is 1110 g/mol. The Morgan fingerprint density at radius 2 is 0.581 bits per heavy atom. The van der Waals surface area contributed by atoms with Crippen molar-refractivity contribution in [3.05, 3.63) is 295 Å². The van der Waals surface area contributed by atoms with E-state index in [0.717, 1.165) is 34.1 Å². The SMILES string of the molecule is Cc1cc(C)c(-c2cc3c4c(c2)N(c2c(-c5ccccc5)cc(C(C)(C)C)cc2-c2ccccc2)c2ccc(-c5ccccc5)cc2B4c2cc(-c4ccccc4)ccc2N3c2c(-c3ccccc3)cc(C(C)(C)C)cc2-c2ccccc2)c(C)c1. The van der Waals surface area contributed by atoms with Crippen LogP contribution in [0, 0.1) is 20.8 Å². The Bertz CT molecular complexity index is 4130. The fraction of sp³-hybridized carbons (Fsp3) is 0.133. The standard InChI is InChI=1S/C83H71BN2/c1-54-44-55(2)78(56(3)45-54)65-48-76-79-77(49-65)86(81-70(61-36-24-14-25-37-61)52-67(83(7,8)9)53-71(81)62-38-26-15-27-39-62)75-43-41-64(58-30-18-11-19-31-58)47-73(75)84(79)72-46-63(57-28-16-10-17-29-57)40-42-74(72)85(76)80-68(59-32-20-12-21-33-59)50-66(82(4,5)6)51-69(80)60-34-22-13-23-35-60/h10-53H,1-9H3. The van der Waals surface area contributed by atoms with Gasteiger partial charge in [-0.25, -0.2) is 0 Å². The fourth-order valence-electron chi connectivity index (χ4n) is 13.9. The van der Waals surface area contributed by atoms with E-state index in [0.29, 0.717) is 0 Å². The van der Waals surface area contributed by atoms with E-state index < -0.39 is 0 Å². The molecular weight excluding hydrogens is 1040 g/mol. The zero-order valence-corrected chi connectivity index (χ0v) is 50.9. The third-order valence-electron chi connectivity index (χ3n) is 18.0. The first-order valence-corrected chi connectivity index (χ1v) is 30.5. The summed E-state index contributed by atoms with van der Waals surface area (Å²) in [5, 5.41) is 0. The number of hydrogen-bond donors (Lipinski definition) is 0. The molecule has 0 aromatic heterocycles. The Hall–Kier alpha value is -9.70. The Labute approximate surface area is 509 Å². The highest BCUT2D eigenvalue weighted by Crippen LogP contribution is 2.55. The maximum absolute atomic E-state index is 2.70. The van der Waals surface area contributed by atoms with Crippen LogP contribution in [-0.2, 0) is 10.8 Å². The van der Waals surface area contributed by atoms with E-state index in [9.17, 15) is 0 Å². The Morgan fingerprint density at radius 3 is 0.884 bits per heavy atom. The number of anilines is 6. The van der Waals surface area contributed by atoms with Gasteiger partial charge in [-0.1, -0.05) is 265 Å². The molecule has 0 saturated heterocycles. The lowest BCUT2D eigenvalue weighted by atomic mass is 9.33. The number of benzene rings is 12. The topological polar surface area (TPSA) is 6.48 Å². The minimum Gasteiger partial charge on any atom is -0.310 e. The summed E-state index contributed by atoms with van der Waals surface area (Å²) in [7, 11) is 0. The summed E-state index contributed by atoms with van der Waals surface area (Å²) < 4.78 is 0. The molecule has 86 heavy (non-hydrogen) atoms. The summed E-state index contributed by atoms with van der Waals surface area (Å²) in [6.07, 6.45) is 0. The molecule has 416 valence electrons. The Morgan fingerprint density at radius 1 is 0.279 bits per heavy atom. The molecule has 0 fully saturated rings. The van der Waals surface area contributed by atoms with Gasteiger partial charge in [0.25, 0.3) is 6.71 Å². The molecule has 2 aliphatic rings. The van der Waals surface area contributed by atoms with Crippen LogP contribution in [0.15, 0.2) is 267 Å². The molecule has 0 unspecified atom stereocenters. The van der Waals surface area contributed by atoms with Crippen LogP contribution in [0.3, 0.4) is 0 Å². The molecule has 2 nitrogen and oxygen atoms in total. The van der Waals surface area contributed by atoms with Crippen molar-refractivity contribution in [2.45, 2.75) is 73.1 Å². The second-order valence-electron chi connectivity index (χ2n) is 25.9. The van der Waals surface area contributed by atoms with Crippen molar-refractivity contribution in [1.29, 1.82) is 0 Å². The summed E-state index contributed by atoms with van der Waals surface area (Å²) in [5.74, 6) is 0. The van der Waals surface area contributed by atoms with Crippen molar-refractivity contribution in [3.63, 3.8) is 0 Å². The van der Waals surface area contributed by atoms with Crippen molar-refractivity contribution in [1.82, 2.24) is 0 Å². The van der Waals surface area contributed by atoms with Gasteiger partial charge >= 0.3 is 0 Å². The number of hydrogen-bond acceptors (Lipinski definition) is 2. The van der Waals surface area contributed by atoms with Crippen LogP contribution in [0.1, 0.15) is 69.4 Å². The normalized spacial score (nSPS) is 12.6. The van der Waals surface area contributed by atoms with Crippen molar-refractivity contribution in [2.24, 2.45) is 0 Å². The van der Waals surface area contributed by atoms with Gasteiger partial charge in [0, 0.05) is 45.0 Å². The molecular formula is C83H71BN2. The van der Waals surface area contributed by atoms with Gasteiger partial charge in [-0.05, 0) is 174 Å². The predicted octanol–water partition coefficient (Wildman–Crippen LogP) is 21.0. The highest BCUT2D eigenvalue weighted by molar-refractivity contribution is 7.00. The van der Waals surface area contributed by atoms with E-state index in [-0.39, 0.29) is 17.5 Å². The zero-order chi connectivity index (χ0) is 59.0. The predicted molar refractivity (Wildman–Crippen MR) is 370 cm³/mol. The van der Waals surface area contributed by atoms with Crippen LogP contribution >= 0.6 is 0 Å². The molecule has 0 aliphatic carbocycles. The molecule has 0 amide bonds. The van der Waals surface area contributed by atoms with Crippen molar-refractivity contribution >= 4 is 57.2 Å². The van der Waals surface area contributed by atoms with Gasteiger partial charge in [0.2, 0.25) is 0 Å². The summed E-state index contributed by atoms with van der Waals surface area (Å²) >= 11 is 0. The third kappa shape index (κ3) is 9.57. The van der Waals surface area contributed by atoms with Crippen LogP contribution in [0.2, 0.25) is 0 Å². The first-order valence-electron chi connectivity index (χ1n) is 30.5. The molecule has 2 heterocycles. The molecule has 2 aliphatic heterocycles. The lowest BCUT2D eigenvalue weighted by Gasteiger charge is -2.46. The molecule has 0 N–H and O–H groups in total. The second kappa shape index (κ2) is 21.4.